The number of methoxy groups -OCH3 is 1. The number of nitrogens with one attached hydrogen (secondary N) is 1. The van der Waals surface area contributed by atoms with E-state index in [2.05, 4.69) is 46.9 Å². The van der Waals surface area contributed by atoms with Crippen molar-refractivity contribution >= 4 is 16.7 Å². The molecule has 0 bridgehead atoms. The summed E-state index contributed by atoms with van der Waals surface area (Å²) in [6.45, 7) is 5.30. The molecule has 2 aromatic heterocycles. The molecule has 3 aromatic rings. The minimum atomic E-state index is 0.867. The number of hydrogen-bond donors (Lipinski definition) is 1. The molecular weight excluding hydrogens is 274 g/mol. The molecule has 4 heteroatoms. The third-order valence-electron chi connectivity index (χ3n) is 4.42. The van der Waals surface area contributed by atoms with Gasteiger partial charge in [-0.25, -0.2) is 4.98 Å². The maximum absolute atomic E-state index is 5.47. The molecule has 4 rings (SSSR count). The van der Waals surface area contributed by atoms with E-state index in [0.717, 1.165) is 35.4 Å². The predicted molar refractivity (Wildman–Crippen MR) is 89.3 cm³/mol. The maximum Gasteiger partial charge on any atom is 0.148 e. The van der Waals surface area contributed by atoms with Crippen molar-refractivity contribution in [2.45, 2.75) is 20.3 Å². The molecule has 0 atom stereocenters. The molecule has 0 fully saturated rings. The lowest BCUT2D eigenvalue weighted by Crippen LogP contribution is -2.00. The van der Waals surface area contributed by atoms with Gasteiger partial charge in [-0.3, -0.25) is 4.57 Å². The van der Waals surface area contributed by atoms with Gasteiger partial charge >= 0.3 is 0 Å². The van der Waals surface area contributed by atoms with E-state index in [4.69, 9.17) is 4.74 Å². The lowest BCUT2D eigenvalue weighted by Gasteiger charge is -2.12. The SMILES string of the molecule is COc1ccnc2c1cc(C)n2-c1cc(C)c2c(c1)CCN2. The molecule has 0 amide bonds. The van der Waals surface area contributed by atoms with E-state index in [9.17, 15) is 0 Å². The highest BCUT2D eigenvalue weighted by Gasteiger charge is 2.17. The fraction of sp³-hybridized carbons (Fsp3) is 0.278. The second-order valence-corrected chi connectivity index (χ2v) is 5.85. The number of pyridine rings is 1. The molecule has 0 aliphatic carbocycles. The molecule has 0 radical (unpaired) electrons. The highest BCUT2D eigenvalue weighted by molar-refractivity contribution is 5.86. The van der Waals surface area contributed by atoms with Crippen LogP contribution >= 0.6 is 0 Å². The van der Waals surface area contributed by atoms with Crippen molar-refractivity contribution in [2.24, 2.45) is 0 Å². The number of aryl methyl sites for hydroxylation is 2. The largest absolute Gasteiger partial charge is 0.496 e. The van der Waals surface area contributed by atoms with Gasteiger partial charge < -0.3 is 10.1 Å². The van der Waals surface area contributed by atoms with Gasteiger partial charge in [0, 0.05) is 29.8 Å². The molecule has 4 nitrogen and oxygen atoms in total. The number of anilines is 1. The Morgan fingerprint density at radius 2 is 2.09 bits per heavy atom. The number of ether oxygens (including phenoxy) is 1. The van der Waals surface area contributed by atoms with Gasteiger partial charge in [0.15, 0.2) is 0 Å². The monoisotopic (exact) mass is 293 g/mol. The number of hydrogen-bond acceptors (Lipinski definition) is 3. The average molecular weight is 293 g/mol. The van der Waals surface area contributed by atoms with E-state index >= 15 is 0 Å². The third-order valence-corrected chi connectivity index (χ3v) is 4.42. The van der Waals surface area contributed by atoms with Crippen molar-refractivity contribution < 1.29 is 4.74 Å². The van der Waals surface area contributed by atoms with Crippen LogP contribution in [0, 0.1) is 13.8 Å². The van der Waals surface area contributed by atoms with Crippen LogP contribution < -0.4 is 10.1 Å². The summed E-state index contributed by atoms with van der Waals surface area (Å²) in [6, 6.07) is 8.55. The lowest BCUT2D eigenvalue weighted by molar-refractivity contribution is 0.419. The number of rotatable bonds is 2. The molecule has 0 spiro atoms. The Balaban J connectivity index is 1.99. The van der Waals surface area contributed by atoms with Crippen molar-refractivity contribution in [3.05, 3.63) is 47.3 Å². The summed E-state index contributed by atoms with van der Waals surface area (Å²) in [5, 5.41) is 4.52. The van der Waals surface area contributed by atoms with Crippen LogP contribution in [0.1, 0.15) is 16.8 Å². The van der Waals surface area contributed by atoms with E-state index in [1.54, 1.807) is 13.3 Å². The fourth-order valence-electron chi connectivity index (χ4n) is 3.44. The molecular formula is C18H19N3O. The van der Waals surface area contributed by atoms with E-state index in [0.29, 0.717) is 0 Å². The molecule has 22 heavy (non-hydrogen) atoms. The molecule has 1 N–H and O–H groups in total. The Morgan fingerprint density at radius 3 is 2.91 bits per heavy atom. The molecule has 0 saturated carbocycles. The Hall–Kier alpha value is -2.49. The topological polar surface area (TPSA) is 39.1 Å². The van der Waals surface area contributed by atoms with Crippen LogP contribution in [0.25, 0.3) is 16.7 Å². The summed E-state index contributed by atoms with van der Waals surface area (Å²) in [4.78, 5) is 4.58. The fourth-order valence-corrected chi connectivity index (χ4v) is 3.44. The van der Waals surface area contributed by atoms with Gasteiger partial charge in [0.2, 0.25) is 0 Å². The number of aromatic nitrogens is 2. The summed E-state index contributed by atoms with van der Waals surface area (Å²) >= 11 is 0. The average Bonchev–Trinajstić information content (AvgIpc) is 3.10. The highest BCUT2D eigenvalue weighted by Crippen LogP contribution is 2.33. The standard InChI is InChI=1S/C18H19N3O/c1-11-8-14(10-13-4-6-19-17(11)13)21-12(2)9-15-16(22-3)5-7-20-18(15)21/h5,7-10,19H,4,6H2,1-3H3. The zero-order valence-electron chi connectivity index (χ0n) is 13.1. The van der Waals surface area contributed by atoms with E-state index in [1.165, 1.54) is 22.5 Å². The number of nitrogens with zero attached hydrogens (tertiary/aromatic N) is 2. The first kappa shape index (κ1) is 13.2. The number of fused-ring (bicyclic) bond motifs is 2. The second kappa shape index (κ2) is 4.77. The van der Waals surface area contributed by atoms with Gasteiger partial charge in [-0.1, -0.05) is 0 Å². The van der Waals surface area contributed by atoms with E-state index in [1.807, 2.05) is 6.07 Å². The lowest BCUT2D eigenvalue weighted by atomic mass is 10.1. The molecule has 0 unspecified atom stereocenters. The Bertz CT molecular complexity index is 880. The molecule has 1 aliphatic rings. The van der Waals surface area contributed by atoms with Crippen LogP contribution in [0.5, 0.6) is 5.75 Å². The number of benzene rings is 1. The zero-order chi connectivity index (χ0) is 15.3. The van der Waals surface area contributed by atoms with Crippen LogP contribution in [0.4, 0.5) is 5.69 Å². The summed E-state index contributed by atoms with van der Waals surface area (Å²) in [5.41, 5.74) is 7.25. The van der Waals surface area contributed by atoms with Gasteiger partial charge in [0.25, 0.3) is 0 Å². The first-order valence-electron chi connectivity index (χ1n) is 7.58. The summed E-state index contributed by atoms with van der Waals surface area (Å²) in [7, 11) is 1.70. The molecule has 112 valence electrons. The molecule has 3 heterocycles. The maximum atomic E-state index is 5.47. The minimum absolute atomic E-state index is 0.867. The smallest absolute Gasteiger partial charge is 0.148 e. The molecule has 1 aliphatic heterocycles. The minimum Gasteiger partial charge on any atom is -0.496 e. The first-order chi connectivity index (χ1) is 10.7. The summed E-state index contributed by atoms with van der Waals surface area (Å²) in [6.07, 6.45) is 2.89. The predicted octanol–water partition coefficient (Wildman–Crippen LogP) is 3.62. The van der Waals surface area contributed by atoms with Crippen LogP contribution in [-0.2, 0) is 6.42 Å². The summed E-state index contributed by atoms with van der Waals surface area (Å²) < 4.78 is 7.68. The van der Waals surface area contributed by atoms with Crippen LogP contribution in [-0.4, -0.2) is 23.2 Å². The van der Waals surface area contributed by atoms with Crippen LogP contribution in [0.2, 0.25) is 0 Å². The van der Waals surface area contributed by atoms with Crippen molar-refractivity contribution in [3.8, 4) is 11.4 Å². The van der Waals surface area contributed by atoms with Gasteiger partial charge in [0.1, 0.15) is 11.4 Å². The normalized spacial score (nSPS) is 13.2. The highest BCUT2D eigenvalue weighted by atomic mass is 16.5. The van der Waals surface area contributed by atoms with Gasteiger partial charge in [-0.05, 0) is 55.7 Å². The molecule has 0 saturated heterocycles. The first-order valence-corrected chi connectivity index (χ1v) is 7.58. The summed E-state index contributed by atoms with van der Waals surface area (Å²) in [5.74, 6) is 0.867. The van der Waals surface area contributed by atoms with Crippen LogP contribution in [0.15, 0.2) is 30.5 Å². The van der Waals surface area contributed by atoms with Gasteiger partial charge in [-0.15, -0.1) is 0 Å². The van der Waals surface area contributed by atoms with Gasteiger partial charge in [0.05, 0.1) is 12.5 Å². The zero-order valence-corrected chi connectivity index (χ0v) is 13.1. The van der Waals surface area contributed by atoms with Crippen LogP contribution in [0.3, 0.4) is 0 Å². The van der Waals surface area contributed by atoms with Crippen molar-refractivity contribution in [1.82, 2.24) is 9.55 Å². The quantitative estimate of drug-likeness (QED) is 0.784. The second-order valence-electron chi connectivity index (χ2n) is 5.85. The van der Waals surface area contributed by atoms with Crippen molar-refractivity contribution in [1.29, 1.82) is 0 Å². The van der Waals surface area contributed by atoms with Gasteiger partial charge in [-0.2, -0.15) is 0 Å². The van der Waals surface area contributed by atoms with E-state index < -0.39 is 0 Å². The van der Waals surface area contributed by atoms with Crippen molar-refractivity contribution in [3.63, 3.8) is 0 Å². The Kier molecular flexibility index (Phi) is 2.86. The third kappa shape index (κ3) is 1.80. The Labute approximate surface area is 129 Å². The van der Waals surface area contributed by atoms with Crippen molar-refractivity contribution in [2.75, 3.05) is 19.0 Å². The molecule has 1 aromatic carbocycles. The Morgan fingerprint density at radius 1 is 1.23 bits per heavy atom. The van der Waals surface area contributed by atoms with E-state index in [-0.39, 0.29) is 0 Å².